The van der Waals surface area contributed by atoms with Gasteiger partial charge in [-0.1, -0.05) is 24.3 Å². The van der Waals surface area contributed by atoms with Crippen LogP contribution in [0, 0.1) is 6.92 Å². The number of fused-ring (bicyclic) bond motifs is 1. The standard InChI is InChI=1S/C24H22N2O4/c1-14-17(6-10-23(27)28)13-25-21(14)12-20-19-9-5-16(11-22(19)26-24(20)29)15-3-7-18(30-2)8-4-15/h3-5,7-9,11-13,25H,6,10H2,1-2H3,(H,26,29)(H,27,28). The number of aryl methyl sites for hydroxylation is 1. The summed E-state index contributed by atoms with van der Waals surface area (Å²) in [6.07, 6.45) is 4.17. The van der Waals surface area contributed by atoms with Gasteiger partial charge >= 0.3 is 5.97 Å². The summed E-state index contributed by atoms with van der Waals surface area (Å²) < 4.78 is 5.21. The molecule has 152 valence electrons. The maximum Gasteiger partial charge on any atom is 0.303 e. The van der Waals surface area contributed by atoms with Gasteiger partial charge in [-0.15, -0.1) is 0 Å². The second-order valence-corrected chi connectivity index (χ2v) is 7.25. The van der Waals surface area contributed by atoms with E-state index >= 15 is 0 Å². The van der Waals surface area contributed by atoms with E-state index in [1.807, 2.05) is 61.7 Å². The number of rotatable bonds is 6. The fourth-order valence-electron chi connectivity index (χ4n) is 3.65. The number of amides is 1. The fraction of sp³-hybridized carbons (Fsp3) is 0.167. The minimum absolute atomic E-state index is 0.0756. The fourth-order valence-corrected chi connectivity index (χ4v) is 3.65. The minimum atomic E-state index is -0.827. The van der Waals surface area contributed by atoms with Crippen LogP contribution in [0.1, 0.15) is 28.8 Å². The summed E-state index contributed by atoms with van der Waals surface area (Å²) in [5.74, 6) is -0.187. The Morgan fingerprint density at radius 3 is 2.57 bits per heavy atom. The van der Waals surface area contributed by atoms with Crippen molar-refractivity contribution in [3.8, 4) is 16.9 Å². The molecule has 2 heterocycles. The molecule has 0 saturated carbocycles. The van der Waals surface area contributed by atoms with Crippen LogP contribution in [0.2, 0.25) is 0 Å². The highest BCUT2D eigenvalue weighted by Crippen LogP contribution is 2.37. The number of anilines is 1. The number of nitrogens with one attached hydrogen (secondary N) is 2. The number of aromatic nitrogens is 1. The van der Waals surface area contributed by atoms with Gasteiger partial charge in [0.05, 0.1) is 12.7 Å². The molecule has 3 N–H and O–H groups in total. The van der Waals surface area contributed by atoms with Crippen molar-refractivity contribution >= 4 is 29.2 Å². The summed E-state index contributed by atoms with van der Waals surface area (Å²) in [6, 6.07) is 13.7. The highest BCUT2D eigenvalue weighted by Gasteiger charge is 2.25. The first kappa shape index (κ1) is 19.5. The van der Waals surface area contributed by atoms with E-state index in [-0.39, 0.29) is 12.3 Å². The Balaban J connectivity index is 1.63. The molecule has 0 unspecified atom stereocenters. The number of aliphatic carboxylic acids is 1. The molecular formula is C24H22N2O4. The van der Waals surface area contributed by atoms with Gasteiger partial charge in [0.25, 0.3) is 5.91 Å². The van der Waals surface area contributed by atoms with Crippen LogP contribution >= 0.6 is 0 Å². The third kappa shape index (κ3) is 3.72. The molecule has 0 saturated heterocycles. The maximum atomic E-state index is 12.6. The monoisotopic (exact) mass is 402 g/mol. The zero-order valence-corrected chi connectivity index (χ0v) is 16.8. The van der Waals surface area contributed by atoms with E-state index in [2.05, 4.69) is 10.3 Å². The van der Waals surface area contributed by atoms with Crippen LogP contribution < -0.4 is 10.1 Å². The number of carbonyl (C=O) groups excluding carboxylic acids is 1. The van der Waals surface area contributed by atoms with Gasteiger partial charge in [0.2, 0.25) is 0 Å². The molecule has 6 heteroatoms. The van der Waals surface area contributed by atoms with Gasteiger partial charge in [-0.2, -0.15) is 0 Å². The number of carboxylic acid groups (broad SMARTS) is 1. The molecule has 0 fully saturated rings. The molecule has 1 aliphatic rings. The number of methoxy groups -OCH3 is 1. The molecule has 4 rings (SSSR count). The molecule has 0 spiro atoms. The molecule has 0 bridgehead atoms. The average Bonchev–Trinajstić information content (AvgIpc) is 3.25. The topological polar surface area (TPSA) is 91.4 Å². The third-order valence-corrected chi connectivity index (χ3v) is 5.41. The number of carbonyl (C=O) groups is 2. The molecule has 3 aromatic rings. The van der Waals surface area contributed by atoms with Gasteiger partial charge in [-0.05, 0) is 59.9 Å². The van der Waals surface area contributed by atoms with Gasteiger partial charge in [0.1, 0.15) is 5.75 Å². The SMILES string of the molecule is COc1ccc(-c2ccc3c(c2)NC(=O)C3=Cc2[nH]cc(CCC(=O)O)c2C)cc1. The van der Waals surface area contributed by atoms with Gasteiger partial charge < -0.3 is 20.1 Å². The predicted molar refractivity (Wildman–Crippen MR) is 116 cm³/mol. The van der Waals surface area contributed by atoms with Crippen molar-refractivity contribution < 1.29 is 19.4 Å². The Bertz CT molecular complexity index is 1160. The zero-order chi connectivity index (χ0) is 21.3. The maximum absolute atomic E-state index is 12.6. The predicted octanol–water partition coefficient (Wildman–Crippen LogP) is 4.51. The largest absolute Gasteiger partial charge is 0.497 e. The second kappa shape index (κ2) is 7.91. The van der Waals surface area contributed by atoms with Crippen LogP contribution in [0.3, 0.4) is 0 Å². The van der Waals surface area contributed by atoms with Crippen molar-refractivity contribution in [3.63, 3.8) is 0 Å². The lowest BCUT2D eigenvalue weighted by atomic mass is 9.99. The Morgan fingerprint density at radius 2 is 1.87 bits per heavy atom. The molecule has 1 amide bonds. The van der Waals surface area contributed by atoms with E-state index in [4.69, 9.17) is 9.84 Å². The van der Waals surface area contributed by atoms with E-state index in [1.165, 1.54) is 0 Å². The molecule has 0 aliphatic carbocycles. The second-order valence-electron chi connectivity index (χ2n) is 7.25. The van der Waals surface area contributed by atoms with Crippen LogP contribution in [-0.2, 0) is 16.0 Å². The lowest BCUT2D eigenvalue weighted by molar-refractivity contribution is -0.137. The van der Waals surface area contributed by atoms with Crippen LogP contribution in [0.5, 0.6) is 5.75 Å². The Morgan fingerprint density at radius 1 is 1.13 bits per heavy atom. The molecule has 1 aromatic heterocycles. The van der Waals surface area contributed by atoms with E-state index in [0.717, 1.165) is 44.9 Å². The molecule has 2 aromatic carbocycles. The quantitative estimate of drug-likeness (QED) is 0.529. The Labute approximate surface area is 174 Å². The number of hydrogen-bond acceptors (Lipinski definition) is 3. The van der Waals surface area contributed by atoms with Crippen molar-refractivity contribution in [2.75, 3.05) is 12.4 Å². The smallest absolute Gasteiger partial charge is 0.303 e. The van der Waals surface area contributed by atoms with Crippen LogP contribution in [0.4, 0.5) is 5.69 Å². The summed E-state index contributed by atoms with van der Waals surface area (Å²) in [5.41, 5.74) is 6.96. The van der Waals surface area contributed by atoms with Gasteiger partial charge in [-0.3, -0.25) is 9.59 Å². The molecule has 0 radical (unpaired) electrons. The number of aromatic amines is 1. The first-order chi connectivity index (χ1) is 14.5. The van der Waals surface area contributed by atoms with Gasteiger partial charge in [-0.25, -0.2) is 0 Å². The van der Waals surface area contributed by atoms with Crippen molar-refractivity contribution in [2.45, 2.75) is 19.8 Å². The van der Waals surface area contributed by atoms with Crippen molar-refractivity contribution in [1.82, 2.24) is 4.98 Å². The summed E-state index contributed by atoms with van der Waals surface area (Å²) >= 11 is 0. The number of H-pyrrole nitrogens is 1. The van der Waals surface area contributed by atoms with E-state index in [0.29, 0.717) is 12.0 Å². The zero-order valence-electron chi connectivity index (χ0n) is 16.8. The molecular weight excluding hydrogens is 380 g/mol. The van der Waals surface area contributed by atoms with Crippen LogP contribution in [0.25, 0.3) is 22.8 Å². The van der Waals surface area contributed by atoms with Gasteiger partial charge in [0.15, 0.2) is 0 Å². The molecule has 0 atom stereocenters. The van der Waals surface area contributed by atoms with E-state index in [1.54, 1.807) is 7.11 Å². The molecule has 30 heavy (non-hydrogen) atoms. The minimum Gasteiger partial charge on any atom is -0.497 e. The lowest BCUT2D eigenvalue weighted by Crippen LogP contribution is -2.03. The van der Waals surface area contributed by atoms with E-state index in [9.17, 15) is 9.59 Å². The van der Waals surface area contributed by atoms with Crippen LogP contribution in [-0.4, -0.2) is 29.1 Å². The highest BCUT2D eigenvalue weighted by atomic mass is 16.5. The summed E-state index contributed by atoms with van der Waals surface area (Å²) in [6.45, 7) is 1.93. The molecule has 6 nitrogen and oxygen atoms in total. The lowest BCUT2D eigenvalue weighted by Gasteiger charge is -2.06. The number of hydrogen-bond donors (Lipinski definition) is 3. The van der Waals surface area contributed by atoms with E-state index < -0.39 is 5.97 Å². The third-order valence-electron chi connectivity index (χ3n) is 5.41. The number of benzene rings is 2. The normalized spacial score (nSPS) is 13.9. The number of carboxylic acids is 1. The van der Waals surface area contributed by atoms with Crippen LogP contribution in [0.15, 0.2) is 48.7 Å². The Hall–Kier alpha value is -3.80. The summed E-state index contributed by atoms with van der Waals surface area (Å²) in [4.78, 5) is 26.6. The van der Waals surface area contributed by atoms with Crippen molar-refractivity contribution in [2.24, 2.45) is 0 Å². The van der Waals surface area contributed by atoms with Crippen molar-refractivity contribution in [3.05, 3.63) is 71.0 Å². The summed E-state index contributed by atoms with van der Waals surface area (Å²) in [5, 5.41) is 11.8. The number of ether oxygens (including phenoxy) is 1. The Kier molecular flexibility index (Phi) is 5.14. The highest BCUT2D eigenvalue weighted by molar-refractivity contribution is 6.35. The summed E-state index contributed by atoms with van der Waals surface area (Å²) in [7, 11) is 1.63. The first-order valence-electron chi connectivity index (χ1n) is 9.67. The van der Waals surface area contributed by atoms with Crippen molar-refractivity contribution in [1.29, 1.82) is 0 Å². The van der Waals surface area contributed by atoms with Gasteiger partial charge in [0, 0.05) is 29.6 Å². The average molecular weight is 402 g/mol. The molecule has 1 aliphatic heterocycles. The first-order valence-corrected chi connectivity index (χ1v) is 9.67.